The van der Waals surface area contributed by atoms with Gasteiger partial charge in [0.2, 0.25) is 5.91 Å². The maximum absolute atomic E-state index is 13.5. The Morgan fingerprint density at radius 2 is 1.89 bits per heavy atom. The number of rotatable bonds is 3. The van der Waals surface area contributed by atoms with Crippen LogP contribution in [-0.2, 0) is 11.2 Å². The van der Waals surface area contributed by atoms with Gasteiger partial charge in [0.15, 0.2) is 0 Å². The van der Waals surface area contributed by atoms with Crippen molar-refractivity contribution in [1.82, 2.24) is 0 Å². The fourth-order valence-corrected chi connectivity index (χ4v) is 1.83. The minimum atomic E-state index is -0.557. The number of halogens is 2. The van der Waals surface area contributed by atoms with E-state index in [2.05, 4.69) is 5.32 Å². The fraction of sp³-hybridized carbons (Fsp3) is 0.0714. The molecule has 3 nitrogen and oxygen atoms in total. The molecule has 3 N–H and O–H groups in total. The summed E-state index contributed by atoms with van der Waals surface area (Å²) in [7, 11) is 0. The van der Waals surface area contributed by atoms with Crippen molar-refractivity contribution >= 4 is 28.9 Å². The zero-order valence-corrected chi connectivity index (χ0v) is 10.7. The standard InChI is InChI=1S/C14H12ClFN2O/c15-11-2-1-3-12(16)14(11)18-13(19)8-9-4-6-10(17)7-5-9/h1-7H,8,17H2,(H,18,19). The number of nitrogens with two attached hydrogens (primary N) is 1. The third-order valence-electron chi connectivity index (χ3n) is 2.57. The lowest BCUT2D eigenvalue weighted by Gasteiger charge is -2.08. The van der Waals surface area contributed by atoms with Crippen LogP contribution in [0.1, 0.15) is 5.56 Å². The minimum absolute atomic E-state index is 0.00427. The van der Waals surface area contributed by atoms with Crippen molar-refractivity contribution in [2.75, 3.05) is 11.1 Å². The Morgan fingerprint density at radius 1 is 1.21 bits per heavy atom. The van der Waals surface area contributed by atoms with Crippen molar-refractivity contribution in [2.45, 2.75) is 6.42 Å². The van der Waals surface area contributed by atoms with E-state index in [0.717, 1.165) is 5.56 Å². The van der Waals surface area contributed by atoms with Gasteiger partial charge in [0.05, 0.1) is 17.1 Å². The first-order valence-corrected chi connectivity index (χ1v) is 6.02. The number of carbonyl (C=O) groups excluding carboxylic acids is 1. The molecule has 0 saturated heterocycles. The zero-order chi connectivity index (χ0) is 13.8. The summed E-state index contributed by atoms with van der Waals surface area (Å²) in [6.07, 6.45) is 0.130. The Hall–Kier alpha value is -2.07. The van der Waals surface area contributed by atoms with Gasteiger partial charge in [-0.3, -0.25) is 4.79 Å². The maximum atomic E-state index is 13.5. The van der Waals surface area contributed by atoms with E-state index in [1.54, 1.807) is 24.3 Å². The first-order valence-electron chi connectivity index (χ1n) is 5.64. The van der Waals surface area contributed by atoms with E-state index in [0.29, 0.717) is 5.69 Å². The Kier molecular flexibility index (Phi) is 4.02. The van der Waals surface area contributed by atoms with Crippen LogP contribution >= 0.6 is 11.6 Å². The van der Waals surface area contributed by atoms with Gasteiger partial charge in [-0.2, -0.15) is 0 Å². The summed E-state index contributed by atoms with van der Waals surface area (Å²) in [6, 6.07) is 11.1. The molecule has 5 heteroatoms. The van der Waals surface area contributed by atoms with Gasteiger partial charge in [0.25, 0.3) is 0 Å². The predicted octanol–water partition coefficient (Wildman–Crippen LogP) is 3.24. The second-order valence-corrected chi connectivity index (χ2v) is 4.47. The van der Waals surface area contributed by atoms with Gasteiger partial charge in [-0.05, 0) is 29.8 Å². The molecule has 2 aromatic carbocycles. The van der Waals surface area contributed by atoms with Crippen LogP contribution in [0.4, 0.5) is 15.8 Å². The summed E-state index contributed by atoms with van der Waals surface area (Å²) in [5.74, 6) is -0.894. The van der Waals surface area contributed by atoms with Gasteiger partial charge >= 0.3 is 0 Å². The quantitative estimate of drug-likeness (QED) is 0.847. The lowest BCUT2D eigenvalue weighted by atomic mass is 10.1. The molecule has 0 unspecified atom stereocenters. The molecule has 0 radical (unpaired) electrons. The van der Waals surface area contributed by atoms with Crippen LogP contribution in [0, 0.1) is 5.82 Å². The minimum Gasteiger partial charge on any atom is -0.399 e. The number of anilines is 2. The van der Waals surface area contributed by atoms with Gasteiger partial charge in [0.1, 0.15) is 5.82 Å². The van der Waals surface area contributed by atoms with Crippen molar-refractivity contribution in [3.63, 3.8) is 0 Å². The number of amides is 1. The number of nitrogens with one attached hydrogen (secondary N) is 1. The van der Waals surface area contributed by atoms with E-state index in [1.165, 1.54) is 18.2 Å². The molecule has 1 amide bonds. The van der Waals surface area contributed by atoms with Crippen molar-refractivity contribution in [3.8, 4) is 0 Å². The average molecular weight is 279 g/mol. The van der Waals surface area contributed by atoms with E-state index in [9.17, 15) is 9.18 Å². The Morgan fingerprint density at radius 3 is 2.53 bits per heavy atom. The SMILES string of the molecule is Nc1ccc(CC(=O)Nc2c(F)cccc2Cl)cc1. The molecule has 0 heterocycles. The highest BCUT2D eigenvalue weighted by atomic mass is 35.5. The van der Waals surface area contributed by atoms with Crippen LogP contribution in [0.2, 0.25) is 5.02 Å². The number of hydrogen-bond donors (Lipinski definition) is 2. The Balaban J connectivity index is 2.07. The molecule has 2 rings (SSSR count). The number of benzene rings is 2. The van der Waals surface area contributed by atoms with Crippen LogP contribution in [-0.4, -0.2) is 5.91 Å². The summed E-state index contributed by atoms with van der Waals surface area (Å²) in [6.45, 7) is 0. The van der Waals surface area contributed by atoms with Gasteiger partial charge in [-0.1, -0.05) is 29.8 Å². The molecule has 0 spiro atoms. The highest BCUT2D eigenvalue weighted by Crippen LogP contribution is 2.24. The largest absolute Gasteiger partial charge is 0.399 e. The molecule has 2 aromatic rings. The molecule has 0 atom stereocenters. The topological polar surface area (TPSA) is 55.1 Å². The molecular formula is C14H12ClFN2O. The van der Waals surface area contributed by atoms with Gasteiger partial charge < -0.3 is 11.1 Å². The van der Waals surface area contributed by atoms with Crippen molar-refractivity contribution in [3.05, 3.63) is 58.9 Å². The van der Waals surface area contributed by atoms with Crippen LogP contribution in [0.15, 0.2) is 42.5 Å². The van der Waals surface area contributed by atoms with E-state index in [1.807, 2.05) is 0 Å². The molecule has 0 aliphatic rings. The van der Waals surface area contributed by atoms with Crippen LogP contribution in [0.3, 0.4) is 0 Å². The molecule has 0 bridgehead atoms. The first-order chi connectivity index (χ1) is 9.06. The van der Waals surface area contributed by atoms with Crippen molar-refractivity contribution in [1.29, 1.82) is 0 Å². The summed E-state index contributed by atoms with van der Waals surface area (Å²) in [5.41, 5.74) is 6.97. The van der Waals surface area contributed by atoms with E-state index in [-0.39, 0.29) is 23.0 Å². The zero-order valence-electron chi connectivity index (χ0n) is 9.99. The fourth-order valence-electron chi connectivity index (χ4n) is 1.62. The molecular weight excluding hydrogens is 267 g/mol. The average Bonchev–Trinajstić information content (AvgIpc) is 2.37. The second-order valence-electron chi connectivity index (χ2n) is 4.06. The van der Waals surface area contributed by atoms with Crippen LogP contribution in [0.25, 0.3) is 0 Å². The summed E-state index contributed by atoms with van der Waals surface area (Å²) in [5, 5.41) is 2.64. The second kappa shape index (κ2) is 5.71. The first kappa shape index (κ1) is 13.4. The lowest BCUT2D eigenvalue weighted by Crippen LogP contribution is -2.15. The highest BCUT2D eigenvalue weighted by molar-refractivity contribution is 6.33. The Bertz CT molecular complexity index is 579. The van der Waals surface area contributed by atoms with Gasteiger partial charge in [-0.15, -0.1) is 0 Å². The summed E-state index contributed by atoms with van der Waals surface area (Å²) >= 11 is 5.83. The highest BCUT2D eigenvalue weighted by Gasteiger charge is 2.11. The number of hydrogen-bond acceptors (Lipinski definition) is 2. The Labute approximate surface area is 115 Å². The number of nitrogen functional groups attached to an aromatic ring is 1. The molecule has 0 aliphatic heterocycles. The monoisotopic (exact) mass is 278 g/mol. The van der Waals surface area contributed by atoms with Crippen LogP contribution < -0.4 is 11.1 Å². The number of carbonyl (C=O) groups is 1. The molecule has 19 heavy (non-hydrogen) atoms. The molecule has 0 saturated carbocycles. The third-order valence-corrected chi connectivity index (χ3v) is 2.89. The predicted molar refractivity (Wildman–Crippen MR) is 74.6 cm³/mol. The van der Waals surface area contributed by atoms with Gasteiger partial charge in [0, 0.05) is 5.69 Å². The van der Waals surface area contributed by atoms with E-state index < -0.39 is 5.82 Å². The lowest BCUT2D eigenvalue weighted by molar-refractivity contribution is -0.115. The summed E-state index contributed by atoms with van der Waals surface area (Å²) < 4.78 is 13.5. The van der Waals surface area contributed by atoms with Crippen molar-refractivity contribution in [2.24, 2.45) is 0 Å². The molecule has 0 aromatic heterocycles. The third kappa shape index (κ3) is 3.45. The van der Waals surface area contributed by atoms with Crippen LogP contribution in [0.5, 0.6) is 0 Å². The van der Waals surface area contributed by atoms with E-state index in [4.69, 9.17) is 17.3 Å². The maximum Gasteiger partial charge on any atom is 0.228 e. The normalized spacial score (nSPS) is 10.2. The number of para-hydroxylation sites is 1. The van der Waals surface area contributed by atoms with E-state index >= 15 is 0 Å². The molecule has 98 valence electrons. The molecule has 0 aliphatic carbocycles. The van der Waals surface area contributed by atoms with Gasteiger partial charge in [-0.25, -0.2) is 4.39 Å². The molecule has 0 fully saturated rings. The smallest absolute Gasteiger partial charge is 0.228 e. The van der Waals surface area contributed by atoms with Crippen molar-refractivity contribution < 1.29 is 9.18 Å². The summed E-state index contributed by atoms with van der Waals surface area (Å²) in [4.78, 5) is 11.8.